The van der Waals surface area contributed by atoms with Gasteiger partial charge in [0.05, 0.1) is 0 Å². The average molecular weight is 412 g/mol. The molecular weight excluding hydrogens is 378 g/mol. The van der Waals surface area contributed by atoms with Gasteiger partial charge in [0.25, 0.3) is 0 Å². The van der Waals surface area contributed by atoms with E-state index in [9.17, 15) is 0 Å². The van der Waals surface area contributed by atoms with Crippen LogP contribution in [0.15, 0.2) is 48.8 Å². The largest absolute Gasteiger partial charge is 0.361 e. The van der Waals surface area contributed by atoms with E-state index in [1.807, 2.05) is 0 Å². The molecule has 0 bridgehead atoms. The van der Waals surface area contributed by atoms with Crippen molar-refractivity contribution in [3.05, 3.63) is 59.9 Å². The number of aromatic amines is 2. The van der Waals surface area contributed by atoms with Crippen LogP contribution in [0.4, 0.5) is 11.4 Å². The molecule has 160 valence electrons. The topological polar surface area (TPSA) is 43.6 Å². The van der Waals surface area contributed by atoms with E-state index < -0.39 is 0 Å². The van der Waals surface area contributed by atoms with Crippen molar-refractivity contribution in [1.29, 1.82) is 0 Å². The Balaban J connectivity index is 1.24. The predicted molar refractivity (Wildman–Crippen MR) is 132 cm³/mol. The molecule has 0 unspecified atom stereocenters. The van der Waals surface area contributed by atoms with Gasteiger partial charge in [-0.1, -0.05) is 50.7 Å². The Kier molecular flexibility index (Phi) is 4.98. The standard InChI is InChI=1S/C28H33N3/c1-3-7-19(8-4-1)25-17-29-27-15-21(11-13-23(25)27)31-22-12-14-24-26(18-30-28(24)16-22)20-9-5-2-6-10-20/h11-20,29-31H,1-10H2. The lowest BCUT2D eigenvalue weighted by Crippen LogP contribution is -2.03. The van der Waals surface area contributed by atoms with Crippen molar-refractivity contribution in [3.63, 3.8) is 0 Å². The number of anilines is 2. The molecule has 0 saturated heterocycles. The van der Waals surface area contributed by atoms with Gasteiger partial charge < -0.3 is 15.3 Å². The maximum absolute atomic E-state index is 3.63. The third-order valence-electron chi connectivity index (χ3n) is 7.81. The Morgan fingerprint density at radius 1 is 0.581 bits per heavy atom. The number of benzene rings is 2. The van der Waals surface area contributed by atoms with E-state index in [4.69, 9.17) is 0 Å². The van der Waals surface area contributed by atoms with Gasteiger partial charge in [-0.3, -0.25) is 0 Å². The molecule has 3 heteroatoms. The summed E-state index contributed by atoms with van der Waals surface area (Å²) in [6.07, 6.45) is 18.2. The lowest BCUT2D eigenvalue weighted by atomic mass is 9.84. The third kappa shape index (κ3) is 3.64. The van der Waals surface area contributed by atoms with E-state index in [1.54, 1.807) is 0 Å². The highest BCUT2D eigenvalue weighted by Gasteiger charge is 2.20. The average Bonchev–Trinajstić information content (AvgIpc) is 3.44. The van der Waals surface area contributed by atoms with Crippen LogP contribution in [-0.4, -0.2) is 9.97 Å². The van der Waals surface area contributed by atoms with Crippen LogP contribution >= 0.6 is 0 Å². The summed E-state index contributed by atoms with van der Waals surface area (Å²) in [5, 5.41) is 6.42. The molecule has 0 amide bonds. The van der Waals surface area contributed by atoms with Crippen LogP contribution in [0.5, 0.6) is 0 Å². The minimum atomic E-state index is 0.731. The van der Waals surface area contributed by atoms with Gasteiger partial charge in [0.15, 0.2) is 0 Å². The zero-order valence-corrected chi connectivity index (χ0v) is 18.3. The maximum atomic E-state index is 3.63. The Hall–Kier alpha value is -2.68. The van der Waals surface area contributed by atoms with E-state index >= 15 is 0 Å². The fourth-order valence-corrected chi connectivity index (χ4v) is 6.12. The molecule has 2 saturated carbocycles. The van der Waals surface area contributed by atoms with Gasteiger partial charge in [0.2, 0.25) is 0 Å². The molecular formula is C28H33N3. The molecule has 2 aliphatic rings. The molecule has 31 heavy (non-hydrogen) atoms. The van der Waals surface area contributed by atoms with Crippen LogP contribution in [0.1, 0.15) is 87.2 Å². The molecule has 2 aromatic carbocycles. The van der Waals surface area contributed by atoms with E-state index in [0.717, 1.165) is 23.2 Å². The van der Waals surface area contributed by atoms with Gasteiger partial charge in [-0.2, -0.15) is 0 Å². The second-order valence-electron chi connectivity index (χ2n) is 9.80. The van der Waals surface area contributed by atoms with Crippen molar-refractivity contribution in [1.82, 2.24) is 9.97 Å². The van der Waals surface area contributed by atoms with E-state index in [2.05, 4.69) is 64.1 Å². The lowest BCUT2D eigenvalue weighted by Gasteiger charge is -2.21. The van der Waals surface area contributed by atoms with E-state index in [1.165, 1.54) is 97.1 Å². The SMILES string of the molecule is c1cc2c(C3CCCCC3)c[nH]c2cc1Nc1ccc2c(C3CCCCC3)c[nH]c2c1. The predicted octanol–water partition coefficient (Wildman–Crippen LogP) is 8.49. The summed E-state index contributed by atoms with van der Waals surface area (Å²) in [6, 6.07) is 13.6. The second-order valence-corrected chi connectivity index (χ2v) is 9.80. The molecule has 2 heterocycles. The van der Waals surface area contributed by atoms with Crippen molar-refractivity contribution < 1.29 is 0 Å². The fraction of sp³-hybridized carbons (Fsp3) is 0.429. The van der Waals surface area contributed by atoms with E-state index in [-0.39, 0.29) is 0 Å². The van der Waals surface area contributed by atoms with Gasteiger partial charge in [-0.25, -0.2) is 0 Å². The molecule has 4 aromatic rings. The quantitative estimate of drug-likeness (QED) is 0.310. The summed E-state index contributed by atoms with van der Waals surface area (Å²) >= 11 is 0. The van der Waals surface area contributed by atoms with Crippen LogP contribution in [0, 0.1) is 0 Å². The van der Waals surface area contributed by atoms with Crippen LogP contribution in [0.2, 0.25) is 0 Å². The Morgan fingerprint density at radius 2 is 1.03 bits per heavy atom. The van der Waals surface area contributed by atoms with Crippen molar-refractivity contribution >= 4 is 33.2 Å². The molecule has 3 N–H and O–H groups in total. The minimum absolute atomic E-state index is 0.731. The van der Waals surface area contributed by atoms with Crippen molar-refractivity contribution in [2.24, 2.45) is 0 Å². The van der Waals surface area contributed by atoms with Gasteiger partial charge in [0, 0.05) is 45.6 Å². The van der Waals surface area contributed by atoms with Gasteiger partial charge in [-0.05, 0) is 72.9 Å². The van der Waals surface area contributed by atoms with E-state index in [0.29, 0.717) is 0 Å². The zero-order chi connectivity index (χ0) is 20.6. The number of nitrogens with one attached hydrogen (secondary N) is 3. The zero-order valence-electron chi connectivity index (χ0n) is 18.3. The minimum Gasteiger partial charge on any atom is -0.361 e. The molecule has 0 spiro atoms. The fourth-order valence-electron chi connectivity index (χ4n) is 6.12. The molecule has 3 nitrogen and oxygen atoms in total. The van der Waals surface area contributed by atoms with Crippen molar-refractivity contribution in [2.45, 2.75) is 76.0 Å². The first-order chi connectivity index (χ1) is 15.3. The monoisotopic (exact) mass is 411 g/mol. The van der Waals surface area contributed by atoms with Gasteiger partial charge in [-0.15, -0.1) is 0 Å². The summed E-state index contributed by atoms with van der Waals surface area (Å²) in [6.45, 7) is 0. The van der Waals surface area contributed by atoms with Crippen molar-refractivity contribution in [3.8, 4) is 0 Å². The van der Waals surface area contributed by atoms with Crippen molar-refractivity contribution in [2.75, 3.05) is 5.32 Å². The Bertz CT molecular complexity index is 1090. The Morgan fingerprint density at radius 3 is 1.48 bits per heavy atom. The van der Waals surface area contributed by atoms with Gasteiger partial charge in [0.1, 0.15) is 0 Å². The van der Waals surface area contributed by atoms with Crippen LogP contribution in [0.25, 0.3) is 21.8 Å². The van der Waals surface area contributed by atoms with Crippen LogP contribution in [0.3, 0.4) is 0 Å². The van der Waals surface area contributed by atoms with Crippen LogP contribution < -0.4 is 5.32 Å². The number of fused-ring (bicyclic) bond motifs is 2. The molecule has 6 rings (SSSR count). The normalized spacial score (nSPS) is 18.7. The highest BCUT2D eigenvalue weighted by Crippen LogP contribution is 2.39. The highest BCUT2D eigenvalue weighted by atomic mass is 14.9. The molecule has 2 fully saturated rings. The highest BCUT2D eigenvalue weighted by molar-refractivity contribution is 5.90. The maximum Gasteiger partial charge on any atom is 0.0477 e. The summed E-state index contributed by atoms with van der Waals surface area (Å²) in [5.74, 6) is 1.46. The summed E-state index contributed by atoms with van der Waals surface area (Å²) < 4.78 is 0. The number of hydrogen-bond donors (Lipinski definition) is 3. The number of hydrogen-bond acceptors (Lipinski definition) is 1. The Labute approximate surface area is 184 Å². The molecule has 0 aliphatic heterocycles. The number of H-pyrrole nitrogens is 2. The summed E-state index contributed by atoms with van der Waals surface area (Å²) in [7, 11) is 0. The molecule has 0 radical (unpaired) electrons. The molecule has 2 aliphatic carbocycles. The first kappa shape index (κ1) is 19.0. The number of aromatic nitrogens is 2. The lowest BCUT2D eigenvalue weighted by molar-refractivity contribution is 0.445. The molecule has 2 aromatic heterocycles. The number of rotatable bonds is 4. The third-order valence-corrected chi connectivity index (χ3v) is 7.81. The van der Waals surface area contributed by atoms with Gasteiger partial charge >= 0.3 is 0 Å². The van der Waals surface area contributed by atoms with Crippen LogP contribution in [-0.2, 0) is 0 Å². The molecule has 0 atom stereocenters. The first-order valence-corrected chi connectivity index (χ1v) is 12.3. The second kappa shape index (κ2) is 8.11. The first-order valence-electron chi connectivity index (χ1n) is 12.3. The smallest absolute Gasteiger partial charge is 0.0477 e. The summed E-state index contributed by atoms with van der Waals surface area (Å²) in [4.78, 5) is 7.07. The summed E-state index contributed by atoms with van der Waals surface area (Å²) in [5.41, 5.74) is 7.80.